The van der Waals surface area contributed by atoms with Crippen molar-refractivity contribution in [2.75, 3.05) is 13.7 Å². The van der Waals surface area contributed by atoms with Gasteiger partial charge in [-0.2, -0.15) is 0 Å². The van der Waals surface area contributed by atoms with Gasteiger partial charge >= 0.3 is 0 Å². The Bertz CT molecular complexity index is 194. The van der Waals surface area contributed by atoms with Gasteiger partial charge < -0.3 is 10.1 Å². The zero-order valence-electron chi connectivity index (χ0n) is 13.0. The molecular formula is C15H33NO. The summed E-state index contributed by atoms with van der Waals surface area (Å²) in [6.07, 6.45) is 4.93. The third-order valence-electron chi connectivity index (χ3n) is 3.57. The van der Waals surface area contributed by atoms with Crippen LogP contribution in [0.3, 0.4) is 0 Å². The van der Waals surface area contributed by atoms with Crippen LogP contribution in [-0.4, -0.2) is 25.3 Å². The predicted octanol–water partition coefficient (Wildman–Crippen LogP) is 4.00. The average molecular weight is 243 g/mol. The van der Waals surface area contributed by atoms with Gasteiger partial charge in [0.15, 0.2) is 0 Å². The van der Waals surface area contributed by atoms with E-state index in [0.29, 0.717) is 11.5 Å². The van der Waals surface area contributed by atoms with E-state index in [0.717, 1.165) is 13.0 Å². The number of nitrogens with one attached hydrogen (secondary N) is 1. The molecule has 2 nitrogen and oxygen atoms in total. The summed E-state index contributed by atoms with van der Waals surface area (Å²) in [5.74, 6) is 0. The monoisotopic (exact) mass is 243 g/mol. The zero-order chi connectivity index (χ0) is 13.5. The molecule has 0 saturated carbocycles. The van der Waals surface area contributed by atoms with E-state index in [1.54, 1.807) is 7.11 Å². The Morgan fingerprint density at radius 1 is 1.06 bits per heavy atom. The van der Waals surface area contributed by atoms with Crippen molar-refractivity contribution in [3.63, 3.8) is 0 Å². The van der Waals surface area contributed by atoms with Crippen molar-refractivity contribution < 1.29 is 4.74 Å². The molecule has 1 unspecified atom stereocenters. The van der Waals surface area contributed by atoms with Gasteiger partial charge in [-0.1, -0.05) is 40.5 Å². The van der Waals surface area contributed by atoms with Crippen molar-refractivity contribution in [2.45, 2.75) is 78.9 Å². The first kappa shape index (κ1) is 16.9. The Balaban J connectivity index is 3.91. The van der Waals surface area contributed by atoms with Crippen molar-refractivity contribution in [2.24, 2.45) is 5.41 Å². The highest BCUT2D eigenvalue weighted by Crippen LogP contribution is 2.25. The van der Waals surface area contributed by atoms with Crippen molar-refractivity contribution in [1.82, 2.24) is 5.32 Å². The van der Waals surface area contributed by atoms with Gasteiger partial charge in [0, 0.05) is 13.2 Å². The van der Waals surface area contributed by atoms with Gasteiger partial charge in [0.2, 0.25) is 0 Å². The minimum absolute atomic E-state index is 0.0371. The van der Waals surface area contributed by atoms with E-state index in [1.807, 2.05) is 0 Å². The van der Waals surface area contributed by atoms with Gasteiger partial charge in [0.25, 0.3) is 0 Å². The van der Waals surface area contributed by atoms with Crippen molar-refractivity contribution in [1.29, 1.82) is 0 Å². The molecular weight excluding hydrogens is 210 g/mol. The molecule has 2 heteroatoms. The van der Waals surface area contributed by atoms with Gasteiger partial charge in [0.05, 0.1) is 5.60 Å². The Morgan fingerprint density at radius 3 is 2.06 bits per heavy atom. The van der Waals surface area contributed by atoms with E-state index in [-0.39, 0.29) is 5.60 Å². The maximum absolute atomic E-state index is 5.44. The molecule has 1 N–H and O–H groups in total. The number of unbranched alkanes of at least 4 members (excludes halogenated alkanes) is 1. The third kappa shape index (κ3) is 7.77. The van der Waals surface area contributed by atoms with Crippen molar-refractivity contribution in [3.05, 3.63) is 0 Å². The maximum Gasteiger partial charge on any atom is 0.0622 e. The number of ether oxygens (including phenoxy) is 1. The summed E-state index contributed by atoms with van der Waals surface area (Å²) in [6, 6.07) is 0.623. The summed E-state index contributed by atoms with van der Waals surface area (Å²) in [4.78, 5) is 0. The molecule has 0 radical (unpaired) electrons. The van der Waals surface area contributed by atoms with Crippen LogP contribution in [0.2, 0.25) is 0 Å². The lowest BCUT2D eigenvalue weighted by atomic mass is 9.83. The molecule has 0 spiro atoms. The first-order valence-corrected chi connectivity index (χ1v) is 7.01. The van der Waals surface area contributed by atoms with Gasteiger partial charge in [-0.3, -0.25) is 0 Å². The summed E-state index contributed by atoms with van der Waals surface area (Å²) in [5, 5.41) is 3.60. The van der Waals surface area contributed by atoms with Crippen LogP contribution in [0, 0.1) is 5.41 Å². The van der Waals surface area contributed by atoms with Crippen LogP contribution in [0.1, 0.15) is 67.2 Å². The normalized spacial score (nSPS) is 15.0. The summed E-state index contributed by atoms with van der Waals surface area (Å²) >= 11 is 0. The molecule has 0 rings (SSSR count). The second-order valence-corrected chi connectivity index (χ2v) is 6.69. The van der Waals surface area contributed by atoms with Crippen LogP contribution in [0.15, 0.2) is 0 Å². The molecule has 104 valence electrons. The van der Waals surface area contributed by atoms with Gasteiger partial charge in [0.1, 0.15) is 0 Å². The fourth-order valence-corrected chi connectivity index (χ4v) is 2.09. The molecule has 0 saturated heterocycles. The number of rotatable bonds is 8. The van der Waals surface area contributed by atoms with E-state index in [4.69, 9.17) is 4.74 Å². The molecule has 0 heterocycles. The molecule has 0 aromatic rings. The van der Waals surface area contributed by atoms with Gasteiger partial charge in [-0.15, -0.1) is 0 Å². The average Bonchev–Trinajstić information content (AvgIpc) is 2.21. The van der Waals surface area contributed by atoms with Crippen LogP contribution in [-0.2, 0) is 4.74 Å². The van der Waals surface area contributed by atoms with E-state index in [1.165, 1.54) is 19.3 Å². The number of methoxy groups -OCH3 is 1. The first-order chi connectivity index (χ1) is 7.73. The number of hydrogen-bond donors (Lipinski definition) is 1. The highest BCUT2D eigenvalue weighted by Gasteiger charge is 2.23. The molecule has 0 aliphatic heterocycles. The molecule has 0 amide bonds. The number of hydrogen-bond acceptors (Lipinski definition) is 2. The summed E-state index contributed by atoms with van der Waals surface area (Å²) in [5.41, 5.74) is 0.391. The fraction of sp³-hybridized carbons (Fsp3) is 1.00. The molecule has 1 atom stereocenters. The SMILES string of the molecule is CCNC(CCCCC(C)(C)OC)C(C)(C)C. The largest absolute Gasteiger partial charge is 0.379 e. The Kier molecular flexibility index (Phi) is 7.34. The molecule has 0 aliphatic carbocycles. The quantitative estimate of drug-likeness (QED) is 0.651. The highest BCUT2D eigenvalue weighted by atomic mass is 16.5. The minimum atomic E-state index is 0.0371. The Morgan fingerprint density at radius 2 is 1.65 bits per heavy atom. The summed E-state index contributed by atoms with van der Waals surface area (Å²) in [6.45, 7) is 14.5. The Hall–Kier alpha value is -0.0800. The fourth-order valence-electron chi connectivity index (χ4n) is 2.09. The van der Waals surface area contributed by atoms with Gasteiger partial charge in [-0.05, 0) is 38.6 Å². The van der Waals surface area contributed by atoms with E-state index < -0.39 is 0 Å². The molecule has 0 fully saturated rings. The summed E-state index contributed by atoms with van der Waals surface area (Å²) < 4.78 is 5.44. The van der Waals surface area contributed by atoms with Crippen LogP contribution in [0.25, 0.3) is 0 Å². The van der Waals surface area contributed by atoms with Crippen LogP contribution in [0.4, 0.5) is 0 Å². The molecule has 0 aromatic heterocycles. The lowest BCUT2D eigenvalue weighted by Crippen LogP contribution is -2.40. The predicted molar refractivity (Wildman–Crippen MR) is 76.5 cm³/mol. The lowest BCUT2D eigenvalue weighted by molar-refractivity contribution is 0.0131. The van der Waals surface area contributed by atoms with Crippen LogP contribution in [0.5, 0.6) is 0 Å². The standard InChI is InChI=1S/C15H33NO/c1-8-16-13(14(2,3)4)11-9-10-12-15(5,6)17-7/h13,16H,8-12H2,1-7H3. The molecule has 0 bridgehead atoms. The Labute approximate surface area is 109 Å². The molecule has 0 aliphatic rings. The minimum Gasteiger partial charge on any atom is -0.379 e. The van der Waals surface area contributed by atoms with E-state index in [9.17, 15) is 0 Å². The lowest BCUT2D eigenvalue weighted by Gasteiger charge is -2.32. The summed E-state index contributed by atoms with van der Waals surface area (Å²) in [7, 11) is 1.80. The van der Waals surface area contributed by atoms with Crippen molar-refractivity contribution >= 4 is 0 Å². The second kappa shape index (κ2) is 7.38. The van der Waals surface area contributed by atoms with Crippen LogP contribution >= 0.6 is 0 Å². The maximum atomic E-state index is 5.44. The molecule has 0 aromatic carbocycles. The van der Waals surface area contributed by atoms with E-state index in [2.05, 4.69) is 46.9 Å². The molecule has 17 heavy (non-hydrogen) atoms. The third-order valence-corrected chi connectivity index (χ3v) is 3.57. The van der Waals surface area contributed by atoms with E-state index >= 15 is 0 Å². The first-order valence-electron chi connectivity index (χ1n) is 7.01. The van der Waals surface area contributed by atoms with Gasteiger partial charge in [-0.25, -0.2) is 0 Å². The second-order valence-electron chi connectivity index (χ2n) is 6.69. The zero-order valence-corrected chi connectivity index (χ0v) is 13.0. The van der Waals surface area contributed by atoms with Crippen molar-refractivity contribution in [3.8, 4) is 0 Å². The smallest absolute Gasteiger partial charge is 0.0622 e. The topological polar surface area (TPSA) is 21.3 Å². The van der Waals surface area contributed by atoms with Crippen LogP contribution < -0.4 is 5.32 Å². The highest BCUT2D eigenvalue weighted by molar-refractivity contribution is 4.80.